The highest BCUT2D eigenvalue weighted by Crippen LogP contribution is 2.40. The highest BCUT2D eigenvalue weighted by Gasteiger charge is 2.43. The fourth-order valence-electron chi connectivity index (χ4n) is 3.88. The molecule has 0 unspecified atom stereocenters. The van der Waals surface area contributed by atoms with E-state index in [4.69, 9.17) is 0 Å². The van der Waals surface area contributed by atoms with Gasteiger partial charge in [-0.05, 0) is 31.5 Å². The van der Waals surface area contributed by atoms with Crippen molar-refractivity contribution in [1.29, 1.82) is 0 Å². The van der Waals surface area contributed by atoms with Crippen molar-refractivity contribution in [3.05, 3.63) is 66.3 Å². The second-order valence-electron chi connectivity index (χ2n) is 7.92. The van der Waals surface area contributed by atoms with Crippen LogP contribution in [0, 0.1) is 0 Å². The minimum Gasteiger partial charge on any atom is -0.322 e. The van der Waals surface area contributed by atoms with Crippen molar-refractivity contribution < 1.29 is 9.59 Å². The van der Waals surface area contributed by atoms with Crippen LogP contribution >= 0.6 is 23.1 Å². The van der Waals surface area contributed by atoms with Gasteiger partial charge in [0, 0.05) is 10.9 Å². The largest absolute Gasteiger partial charge is 0.322 e. The molecule has 5 rings (SSSR count). The van der Waals surface area contributed by atoms with Gasteiger partial charge in [0.25, 0.3) is 0 Å². The van der Waals surface area contributed by atoms with Crippen LogP contribution in [-0.4, -0.2) is 33.1 Å². The molecule has 160 valence electrons. The summed E-state index contributed by atoms with van der Waals surface area (Å²) < 4.78 is 0. The van der Waals surface area contributed by atoms with Gasteiger partial charge in [0.05, 0.1) is 22.5 Å². The topological polar surface area (TPSA) is 75.2 Å². The Labute approximate surface area is 193 Å². The molecule has 0 spiro atoms. The number of fused-ring (bicyclic) bond motifs is 2. The number of nitrogens with one attached hydrogen (secondary N) is 1. The minimum absolute atomic E-state index is 0.148. The molecule has 1 aliphatic heterocycles. The van der Waals surface area contributed by atoms with Crippen molar-refractivity contribution in [1.82, 2.24) is 9.97 Å². The second kappa shape index (κ2) is 8.03. The number of thiophene rings is 1. The summed E-state index contributed by atoms with van der Waals surface area (Å²) in [5.74, 6) is -0.199. The highest BCUT2D eigenvalue weighted by atomic mass is 32.2. The smallest absolute Gasteiger partial charge is 0.250 e. The Bertz CT molecular complexity index is 1330. The molecule has 0 fully saturated rings. The number of anilines is 2. The zero-order valence-corrected chi connectivity index (χ0v) is 19.2. The number of rotatable bonds is 4. The lowest BCUT2D eigenvalue weighted by Crippen LogP contribution is -2.58. The summed E-state index contributed by atoms with van der Waals surface area (Å²) in [6.45, 7) is 3.52. The Balaban J connectivity index is 1.47. The fourth-order valence-corrected chi connectivity index (χ4v) is 5.72. The summed E-state index contributed by atoms with van der Waals surface area (Å²) in [4.78, 5) is 37.5. The van der Waals surface area contributed by atoms with E-state index in [1.165, 1.54) is 18.1 Å². The normalized spacial score (nSPS) is 14.8. The summed E-state index contributed by atoms with van der Waals surface area (Å²) in [6.07, 6.45) is 1.54. The van der Waals surface area contributed by atoms with Crippen molar-refractivity contribution in [3.63, 3.8) is 0 Å². The molecule has 4 aromatic rings. The number of para-hydroxylation sites is 2. The van der Waals surface area contributed by atoms with Gasteiger partial charge < -0.3 is 5.32 Å². The first-order chi connectivity index (χ1) is 15.5. The van der Waals surface area contributed by atoms with E-state index < -0.39 is 5.54 Å². The number of carbonyl (C=O) groups is 2. The van der Waals surface area contributed by atoms with Crippen LogP contribution < -0.4 is 10.2 Å². The van der Waals surface area contributed by atoms with E-state index in [2.05, 4.69) is 32.8 Å². The average molecular weight is 461 g/mol. The SMILES string of the molecule is CC1(C)C(=O)Nc2ccccc2N1C(=O)CSc1ncnc2scc(-c3ccccc3)c12. The van der Waals surface area contributed by atoms with E-state index in [-0.39, 0.29) is 17.6 Å². The Hall–Kier alpha value is -3.23. The predicted molar refractivity (Wildman–Crippen MR) is 130 cm³/mol. The van der Waals surface area contributed by atoms with Gasteiger partial charge in [0.2, 0.25) is 11.8 Å². The van der Waals surface area contributed by atoms with E-state index in [1.807, 2.05) is 36.4 Å². The third-order valence-corrected chi connectivity index (χ3v) is 7.37. The summed E-state index contributed by atoms with van der Waals surface area (Å²) in [6, 6.07) is 17.5. The van der Waals surface area contributed by atoms with Crippen LogP contribution in [0.1, 0.15) is 13.8 Å². The molecule has 2 aromatic carbocycles. The first-order valence-corrected chi connectivity index (χ1v) is 12.0. The number of aromatic nitrogens is 2. The number of carbonyl (C=O) groups excluding carboxylic acids is 2. The summed E-state index contributed by atoms with van der Waals surface area (Å²) in [7, 11) is 0. The fraction of sp³-hybridized carbons (Fsp3) is 0.167. The van der Waals surface area contributed by atoms with Gasteiger partial charge in [0.15, 0.2) is 0 Å². The second-order valence-corrected chi connectivity index (χ2v) is 9.74. The van der Waals surface area contributed by atoms with Crippen LogP contribution in [0.2, 0.25) is 0 Å². The van der Waals surface area contributed by atoms with E-state index in [9.17, 15) is 9.59 Å². The van der Waals surface area contributed by atoms with Gasteiger partial charge in [-0.1, -0.05) is 54.2 Å². The van der Waals surface area contributed by atoms with Gasteiger partial charge in [0.1, 0.15) is 21.7 Å². The zero-order valence-electron chi connectivity index (χ0n) is 17.5. The first kappa shape index (κ1) is 20.7. The molecule has 1 N–H and O–H groups in total. The molecule has 1 aliphatic rings. The third-order valence-electron chi connectivity index (χ3n) is 5.51. The lowest BCUT2D eigenvalue weighted by molar-refractivity contribution is -0.125. The number of thioether (sulfide) groups is 1. The quantitative estimate of drug-likeness (QED) is 0.334. The predicted octanol–water partition coefficient (Wildman–Crippen LogP) is 5.21. The summed E-state index contributed by atoms with van der Waals surface area (Å²) >= 11 is 2.94. The van der Waals surface area contributed by atoms with Crippen molar-refractivity contribution >= 4 is 56.5 Å². The van der Waals surface area contributed by atoms with E-state index >= 15 is 0 Å². The molecule has 0 saturated carbocycles. The Morgan fingerprint density at radius 1 is 1.09 bits per heavy atom. The molecule has 2 aromatic heterocycles. The molecule has 2 amide bonds. The minimum atomic E-state index is -0.995. The molecule has 6 nitrogen and oxygen atoms in total. The van der Waals surface area contributed by atoms with E-state index in [0.29, 0.717) is 11.4 Å². The van der Waals surface area contributed by atoms with Gasteiger partial charge in [-0.3, -0.25) is 14.5 Å². The molecule has 0 aliphatic carbocycles. The molecule has 8 heteroatoms. The molecular weight excluding hydrogens is 440 g/mol. The van der Waals surface area contributed by atoms with Crippen molar-refractivity contribution in [2.45, 2.75) is 24.4 Å². The number of hydrogen-bond donors (Lipinski definition) is 1. The number of benzene rings is 2. The highest BCUT2D eigenvalue weighted by molar-refractivity contribution is 8.00. The Kier molecular flexibility index (Phi) is 5.19. The standard InChI is InChI=1S/C24H20N4O2S2/c1-24(2)23(30)27-17-10-6-7-11-18(17)28(24)19(29)13-32-22-20-16(15-8-4-3-5-9-15)12-31-21(20)25-14-26-22/h3-12,14H,13H2,1-2H3,(H,27,30). The number of hydrogen-bond acceptors (Lipinski definition) is 6. The maximum absolute atomic E-state index is 13.4. The van der Waals surface area contributed by atoms with E-state index in [0.717, 1.165) is 26.4 Å². The van der Waals surface area contributed by atoms with Crippen molar-refractivity contribution in [2.75, 3.05) is 16.0 Å². The maximum Gasteiger partial charge on any atom is 0.250 e. The van der Waals surface area contributed by atoms with Crippen LogP contribution in [0.3, 0.4) is 0 Å². The lowest BCUT2D eigenvalue weighted by atomic mass is 9.96. The number of amides is 2. The zero-order chi connectivity index (χ0) is 22.3. The van der Waals surface area contributed by atoms with Gasteiger partial charge in [-0.2, -0.15) is 0 Å². The third kappa shape index (κ3) is 3.45. The molecule has 0 saturated heterocycles. The molecule has 0 atom stereocenters. The summed E-state index contributed by atoms with van der Waals surface area (Å²) in [5, 5.41) is 6.69. The lowest BCUT2D eigenvalue weighted by Gasteiger charge is -2.42. The number of nitrogens with zero attached hydrogens (tertiary/aromatic N) is 3. The van der Waals surface area contributed by atoms with Crippen LogP contribution in [0.5, 0.6) is 0 Å². The van der Waals surface area contributed by atoms with Crippen LogP contribution in [0.25, 0.3) is 21.3 Å². The molecule has 0 bridgehead atoms. The summed E-state index contributed by atoms with van der Waals surface area (Å²) in [5.41, 5.74) is 2.50. The molecular formula is C24H20N4O2S2. The van der Waals surface area contributed by atoms with Crippen LogP contribution in [0.4, 0.5) is 11.4 Å². The molecule has 0 radical (unpaired) electrons. The van der Waals surface area contributed by atoms with E-state index in [1.54, 1.807) is 36.2 Å². The van der Waals surface area contributed by atoms with Crippen molar-refractivity contribution in [2.24, 2.45) is 0 Å². The molecule has 32 heavy (non-hydrogen) atoms. The monoisotopic (exact) mass is 460 g/mol. The Morgan fingerprint density at radius 2 is 1.84 bits per heavy atom. The van der Waals surface area contributed by atoms with Gasteiger partial charge in [-0.15, -0.1) is 11.3 Å². The van der Waals surface area contributed by atoms with Crippen LogP contribution in [0.15, 0.2) is 71.3 Å². The Morgan fingerprint density at radius 3 is 2.66 bits per heavy atom. The van der Waals surface area contributed by atoms with Crippen LogP contribution in [-0.2, 0) is 9.59 Å². The van der Waals surface area contributed by atoms with Crippen molar-refractivity contribution in [3.8, 4) is 11.1 Å². The maximum atomic E-state index is 13.4. The van der Waals surface area contributed by atoms with Gasteiger partial charge in [-0.25, -0.2) is 9.97 Å². The average Bonchev–Trinajstić information content (AvgIpc) is 3.24. The first-order valence-electron chi connectivity index (χ1n) is 10.1. The molecule has 3 heterocycles. The van der Waals surface area contributed by atoms with Gasteiger partial charge >= 0.3 is 0 Å².